The van der Waals surface area contributed by atoms with E-state index in [9.17, 15) is 19.2 Å². The largest absolute Gasteiger partial charge is 0.480 e. The number of hydrogen-bond donors (Lipinski definition) is 8. The number of rotatable bonds is 18. The van der Waals surface area contributed by atoms with Crippen LogP contribution in [-0.2, 0) is 19.2 Å². The summed E-state index contributed by atoms with van der Waals surface area (Å²) in [6, 6.07) is -3.89. The van der Waals surface area contributed by atoms with Gasteiger partial charge in [0, 0.05) is 6.54 Å². The van der Waals surface area contributed by atoms with Crippen LogP contribution >= 0.6 is 11.8 Å². The molecule has 34 heavy (non-hydrogen) atoms. The van der Waals surface area contributed by atoms with Gasteiger partial charge < -0.3 is 44.0 Å². The van der Waals surface area contributed by atoms with Crippen LogP contribution in [0.5, 0.6) is 0 Å². The number of nitrogens with two attached hydrogens (primary N) is 4. The van der Waals surface area contributed by atoms with Crippen LogP contribution < -0.4 is 38.9 Å². The van der Waals surface area contributed by atoms with Crippen LogP contribution in [0.3, 0.4) is 0 Å². The van der Waals surface area contributed by atoms with E-state index in [0.717, 1.165) is 6.42 Å². The van der Waals surface area contributed by atoms with Crippen molar-refractivity contribution in [2.75, 3.05) is 25.1 Å². The third-order valence-electron chi connectivity index (χ3n) is 4.86. The number of nitrogens with one attached hydrogen (secondary N) is 3. The van der Waals surface area contributed by atoms with Crippen LogP contribution in [-0.4, -0.2) is 84.0 Å². The molecule has 3 amide bonds. The summed E-state index contributed by atoms with van der Waals surface area (Å²) in [5.74, 6) is -2.44. The van der Waals surface area contributed by atoms with Crippen LogP contribution in [0.15, 0.2) is 4.99 Å². The second-order valence-electron chi connectivity index (χ2n) is 7.81. The molecule has 0 heterocycles. The Hall–Kier alpha value is -2.58. The summed E-state index contributed by atoms with van der Waals surface area (Å²) >= 11 is 1.47. The molecule has 0 bridgehead atoms. The van der Waals surface area contributed by atoms with E-state index in [4.69, 9.17) is 28.0 Å². The Labute approximate surface area is 204 Å². The van der Waals surface area contributed by atoms with Crippen LogP contribution in [0, 0.1) is 0 Å². The number of carbonyl (C=O) groups is 4. The maximum Gasteiger partial charge on any atom is 0.325 e. The Kier molecular flexibility index (Phi) is 16.5. The van der Waals surface area contributed by atoms with Gasteiger partial charge in [0.2, 0.25) is 17.7 Å². The Morgan fingerprint density at radius 1 is 0.912 bits per heavy atom. The molecule has 13 nitrogen and oxygen atoms in total. The maximum absolute atomic E-state index is 13.0. The van der Waals surface area contributed by atoms with Gasteiger partial charge in [-0.2, -0.15) is 11.8 Å². The first-order chi connectivity index (χ1) is 16.0. The minimum atomic E-state index is -1.20. The molecule has 0 aromatic carbocycles. The van der Waals surface area contributed by atoms with Gasteiger partial charge in [-0.25, -0.2) is 0 Å². The third kappa shape index (κ3) is 13.9. The van der Waals surface area contributed by atoms with Gasteiger partial charge in [-0.15, -0.1) is 0 Å². The van der Waals surface area contributed by atoms with E-state index in [2.05, 4.69) is 20.9 Å². The molecule has 4 unspecified atom stereocenters. The van der Waals surface area contributed by atoms with Gasteiger partial charge in [0.25, 0.3) is 0 Å². The van der Waals surface area contributed by atoms with Crippen LogP contribution in [0.1, 0.15) is 45.4 Å². The van der Waals surface area contributed by atoms with Crippen molar-refractivity contribution in [3.63, 3.8) is 0 Å². The fourth-order valence-electron chi connectivity index (χ4n) is 2.84. The first-order valence-electron chi connectivity index (χ1n) is 11.2. The average Bonchev–Trinajstić information content (AvgIpc) is 2.77. The van der Waals surface area contributed by atoms with Crippen molar-refractivity contribution in [3.05, 3.63) is 0 Å². The highest BCUT2D eigenvalue weighted by Crippen LogP contribution is 2.06. The summed E-state index contributed by atoms with van der Waals surface area (Å²) in [5, 5.41) is 16.7. The standard InChI is InChI=1S/C20H40N8O5S/c1-12(19(32)33)26-17(30)15(8-11-34-2)28-18(31)14(7-5-10-25-20(23)24)27-16(29)13(22)6-3-4-9-21/h12-15H,3-11,21-22H2,1-2H3,(H,26,30)(H,27,29)(H,28,31)(H,32,33)(H4,23,24,25). The summed E-state index contributed by atoms with van der Waals surface area (Å²) < 4.78 is 0. The number of carboxylic acids is 1. The van der Waals surface area contributed by atoms with Gasteiger partial charge in [0.1, 0.15) is 18.1 Å². The molecule has 14 heteroatoms. The SMILES string of the molecule is CSCCC(NC(=O)C(CCCN=C(N)N)NC(=O)C(N)CCCCN)C(=O)NC(C)C(=O)O. The minimum Gasteiger partial charge on any atom is -0.480 e. The van der Waals surface area contributed by atoms with Gasteiger partial charge in [0.15, 0.2) is 5.96 Å². The van der Waals surface area contributed by atoms with Crippen molar-refractivity contribution in [2.45, 2.75) is 69.6 Å². The molecule has 0 fully saturated rings. The number of hydrogen-bond acceptors (Lipinski definition) is 8. The Bertz CT molecular complexity index is 690. The smallest absolute Gasteiger partial charge is 0.325 e. The molecule has 0 aliphatic rings. The second-order valence-corrected chi connectivity index (χ2v) is 8.80. The predicted octanol–water partition coefficient (Wildman–Crippen LogP) is -2.19. The first-order valence-corrected chi connectivity index (χ1v) is 12.6. The molecular formula is C20H40N8O5S. The number of nitrogens with zero attached hydrogens (tertiary/aromatic N) is 1. The molecule has 0 radical (unpaired) electrons. The molecule has 12 N–H and O–H groups in total. The molecule has 0 saturated carbocycles. The van der Waals surface area contributed by atoms with E-state index in [1.807, 2.05) is 6.26 Å². The summed E-state index contributed by atoms with van der Waals surface area (Å²) in [5.41, 5.74) is 22.0. The van der Waals surface area contributed by atoms with Crippen molar-refractivity contribution in [3.8, 4) is 0 Å². The van der Waals surface area contributed by atoms with Crippen molar-refractivity contribution >= 4 is 41.4 Å². The zero-order chi connectivity index (χ0) is 26.1. The highest BCUT2D eigenvalue weighted by Gasteiger charge is 2.29. The van der Waals surface area contributed by atoms with Crippen molar-refractivity contribution < 1.29 is 24.3 Å². The number of carbonyl (C=O) groups excluding carboxylic acids is 3. The number of aliphatic imine (C=N–C) groups is 1. The zero-order valence-corrected chi connectivity index (χ0v) is 20.7. The fraction of sp³-hybridized carbons (Fsp3) is 0.750. The number of unbranched alkanes of at least 4 members (excludes halogenated alkanes) is 1. The molecule has 0 aliphatic heterocycles. The lowest BCUT2D eigenvalue weighted by Crippen LogP contribution is -2.57. The van der Waals surface area contributed by atoms with Gasteiger partial charge in [-0.1, -0.05) is 6.42 Å². The molecule has 0 spiro atoms. The average molecular weight is 505 g/mol. The normalized spacial score (nSPS) is 14.2. The van der Waals surface area contributed by atoms with Crippen molar-refractivity contribution in [1.82, 2.24) is 16.0 Å². The Morgan fingerprint density at radius 3 is 2.06 bits per heavy atom. The number of amides is 3. The quantitative estimate of drug-likeness (QED) is 0.0569. The Morgan fingerprint density at radius 2 is 1.50 bits per heavy atom. The third-order valence-corrected chi connectivity index (χ3v) is 5.50. The first kappa shape index (κ1) is 31.4. The van der Waals surface area contributed by atoms with E-state index in [-0.39, 0.29) is 25.3 Å². The van der Waals surface area contributed by atoms with Crippen LogP contribution in [0.25, 0.3) is 0 Å². The zero-order valence-electron chi connectivity index (χ0n) is 19.9. The molecule has 0 rings (SSSR count). The predicted molar refractivity (Wildman–Crippen MR) is 133 cm³/mol. The number of aliphatic carboxylic acids is 1. The summed E-state index contributed by atoms with van der Waals surface area (Å²) in [6.07, 6.45) is 4.52. The lowest BCUT2D eigenvalue weighted by molar-refractivity contribution is -0.141. The lowest BCUT2D eigenvalue weighted by atomic mass is 10.1. The summed E-state index contributed by atoms with van der Waals surface area (Å²) in [6.45, 7) is 2.06. The van der Waals surface area contributed by atoms with E-state index >= 15 is 0 Å². The highest BCUT2D eigenvalue weighted by atomic mass is 32.2. The summed E-state index contributed by atoms with van der Waals surface area (Å²) in [4.78, 5) is 53.1. The molecule has 0 aliphatic carbocycles. The van der Waals surface area contributed by atoms with Crippen molar-refractivity contribution in [2.24, 2.45) is 27.9 Å². The van der Waals surface area contributed by atoms with Crippen LogP contribution in [0.4, 0.5) is 0 Å². The maximum atomic E-state index is 13.0. The highest BCUT2D eigenvalue weighted by molar-refractivity contribution is 7.98. The molecule has 0 aromatic heterocycles. The molecule has 4 atom stereocenters. The molecule has 0 saturated heterocycles. The van der Waals surface area contributed by atoms with Gasteiger partial charge in [0.05, 0.1) is 6.04 Å². The summed E-state index contributed by atoms with van der Waals surface area (Å²) in [7, 11) is 0. The molecular weight excluding hydrogens is 464 g/mol. The number of guanidine groups is 1. The van der Waals surface area contributed by atoms with E-state index in [0.29, 0.717) is 31.6 Å². The van der Waals surface area contributed by atoms with Crippen molar-refractivity contribution in [1.29, 1.82) is 0 Å². The second kappa shape index (κ2) is 17.8. The lowest BCUT2D eigenvalue weighted by Gasteiger charge is -2.24. The van der Waals surface area contributed by atoms with E-state index < -0.39 is 47.9 Å². The topological polar surface area (TPSA) is 241 Å². The monoisotopic (exact) mass is 504 g/mol. The van der Waals surface area contributed by atoms with Gasteiger partial charge in [-0.05, 0) is 57.6 Å². The number of carboxylic acid groups (broad SMARTS) is 1. The molecule has 0 aromatic rings. The minimum absolute atomic E-state index is 0.0895. The van der Waals surface area contributed by atoms with Crippen LogP contribution in [0.2, 0.25) is 0 Å². The number of thioether (sulfide) groups is 1. The van der Waals surface area contributed by atoms with Gasteiger partial charge in [-0.3, -0.25) is 24.2 Å². The van der Waals surface area contributed by atoms with Gasteiger partial charge >= 0.3 is 5.97 Å². The van der Waals surface area contributed by atoms with E-state index in [1.54, 1.807) is 0 Å². The van der Waals surface area contributed by atoms with E-state index in [1.165, 1.54) is 18.7 Å². The fourth-order valence-corrected chi connectivity index (χ4v) is 3.31. The Balaban J connectivity index is 5.36. The molecule has 196 valence electrons.